The van der Waals surface area contributed by atoms with Gasteiger partial charge in [0.15, 0.2) is 11.3 Å². The fraction of sp³-hybridized carbons (Fsp3) is 0.0769. The molecule has 1 N–H and O–H groups in total. The first-order valence-electron chi connectivity index (χ1n) is 10.1. The number of nitrogens with zero attached hydrogens (tertiary/aromatic N) is 1. The van der Waals surface area contributed by atoms with Gasteiger partial charge in [-0.05, 0) is 85.6 Å². The molecule has 0 atom stereocenters. The Morgan fingerprint density at radius 1 is 0.875 bits per heavy atom. The smallest absolute Gasteiger partial charge is 0.291 e. The van der Waals surface area contributed by atoms with E-state index >= 15 is 0 Å². The van der Waals surface area contributed by atoms with Crippen LogP contribution in [0.5, 0.6) is 0 Å². The van der Waals surface area contributed by atoms with Crippen LogP contribution in [-0.4, -0.2) is 10.9 Å². The van der Waals surface area contributed by atoms with Gasteiger partial charge >= 0.3 is 0 Å². The number of fused-ring (bicyclic) bond motifs is 1. The van der Waals surface area contributed by atoms with Crippen molar-refractivity contribution in [2.45, 2.75) is 13.8 Å². The van der Waals surface area contributed by atoms with Crippen molar-refractivity contribution in [2.75, 3.05) is 5.32 Å². The predicted molar refractivity (Wildman–Crippen MR) is 126 cm³/mol. The molecule has 6 heteroatoms. The number of hydrogen-bond acceptors (Lipinski definition) is 4. The maximum absolute atomic E-state index is 12.8. The summed E-state index contributed by atoms with van der Waals surface area (Å²) in [6.07, 6.45) is 0. The molecule has 5 aromatic rings. The number of anilines is 1. The average Bonchev–Trinajstić information content (AvgIpc) is 3.43. The molecule has 158 valence electrons. The second-order valence-corrected chi connectivity index (χ2v) is 8.08. The van der Waals surface area contributed by atoms with E-state index in [-0.39, 0.29) is 11.7 Å². The zero-order valence-electron chi connectivity index (χ0n) is 17.5. The Kier molecular flexibility index (Phi) is 5.04. The summed E-state index contributed by atoms with van der Waals surface area (Å²) in [5.41, 5.74) is 5.84. The molecular weight excluding hydrogens is 424 g/mol. The van der Waals surface area contributed by atoms with Crippen LogP contribution < -0.4 is 5.32 Å². The van der Waals surface area contributed by atoms with E-state index < -0.39 is 0 Å². The van der Waals surface area contributed by atoms with Gasteiger partial charge in [0.1, 0.15) is 11.3 Å². The van der Waals surface area contributed by atoms with Crippen molar-refractivity contribution in [2.24, 2.45) is 0 Å². The van der Waals surface area contributed by atoms with Gasteiger partial charge in [0.2, 0.25) is 5.89 Å². The lowest BCUT2D eigenvalue weighted by atomic mass is 10.1. The Morgan fingerprint density at radius 2 is 1.66 bits per heavy atom. The van der Waals surface area contributed by atoms with Crippen molar-refractivity contribution in [1.29, 1.82) is 0 Å². The van der Waals surface area contributed by atoms with Gasteiger partial charge in [-0.15, -0.1) is 0 Å². The number of nitrogens with one attached hydrogen (secondary N) is 1. The summed E-state index contributed by atoms with van der Waals surface area (Å²) in [4.78, 5) is 17.4. The molecule has 1 amide bonds. The SMILES string of the molecule is Cc1ccc2oc(-c3ccc(C)c(NC(=O)c4ccc(-c5ccc(Cl)cc5)o4)c3)nc2c1. The number of carbonyl (C=O) groups excluding carboxylic acids is 1. The molecule has 2 heterocycles. The summed E-state index contributed by atoms with van der Waals surface area (Å²) in [6.45, 7) is 3.94. The normalized spacial score (nSPS) is 11.1. The second kappa shape index (κ2) is 8.02. The summed E-state index contributed by atoms with van der Waals surface area (Å²) >= 11 is 5.94. The lowest BCUT2D eigenvalue weighted by molar-refractivity contribution is 0.0997. The molecule has 0 aliphatic rings. The standard InChI is InChI=1S/C26H19ClN2O3/c1-15-3-10-23-21(13-15)29-26(32-23)18-5-4-16(2)20(14-18)28-25(30)24-12-11-22(31-24)17-6-8-19(27)9-7-17/h3-14H,1-2H3,(H,28,30). The molecule has 0 aliphatic carbocycles. The van der Waals surface area contributed by atoms with Gasteiger partial charge < -0.3 is 14.2 Å². The van der Waals surface area contributed by atoms with Crippen LogP contribution in [0.1, 0.15) is 21.7 Å². The number of halogens is 1. The first-order valence-corrected chi connectivity index (χ1v) is 10.5. The van der Waals surface area contributed by atoms with Crippen molar-refractivity contribution < 1.29 is 13.6 Å². The molecule has 5 rings (SSSR count). The Bertz CT molecular complexity index is 1450. The van der Waals surface area contributed by atoms with Crippen molar-refractivity contribution in [3.05, 3.63) is 94.7 Å². The molecule has 0 spiro atoms. The van der Waals surface area contributed by atoms with Gasteiger partial charge in [-0.3, -0.25) is 4.79 Å². The Morgan fingerprint density at radius 3 is 2.47 bits per heavy atom. The molecular formula is C26H19ClN2O3. The fourth-order valence-corrected chi connectivity index (χ4v) is 3.59. The van der Waals surface area contributed by atoms with Gasteiger partial charge in [-0.2, -0.15) is 0 Å². The minimum Gasteiger partial charge on any atom is -0.451 e. The number of furan rings is 1. The number of benzene rings is 3. The van der Waals surface area contributed by atoms with E-state index in [9.17, 15) is 4.79 Å². The Balaban J connectivity index is 1.40. The molecule has 0 radical (unpaired) electrons. The molecule has 0 bridgehead atoms. The van der Waals surface area contributed by atoms with E-state index in [4.69, 9.17) is 20.4 Å². The molecule has 32 heavy (non-hydrogen) atoms. The average molecular weight is 443 g/mol. The highest BCUT2D eigenvalue weighted by molar-refractivity contribution is 6.30. The van der Waals surface area contributed by atoms with Gasteiger partial charge in [-0.1, -0.05) is 23.7 Å². The first-order chi connectivity index (χ1) is 15.5. The molecule has 2 aromatic heterocycles. The number of amides is 1. The quantitative estimate of drug-likeness (QED) is 0.317. The molecule has 0 aliphatic heterocycles. The minimum absolute atomic E-state index is 0.220. The summed E-state index contributed by atoms with van der Waals surface area (Å²) in [5.74, 6) is 0.985. The third kappa shape index (κ3) is 3.90. The molecule has 5 nitrogen and oxygen atoms in total. The molecule has 0 unspecified atom stereocenters. The van der Waals surface area contributed by atoms with E-state index in [1.165, 1.54) is 0 Å². The molecule has 0 saturated carbocycles. The van der Waals surface area contributed by atoms with Crippen molar-refractivity contribution >= 4 is 34.3 Å². The summed E-state index contributed by atoms with van der Waals surface area (Å²) in [7, 11) is 0. The van der Waals surface area contributed by atoms with Crippen LogP contribution in [0.15, 0.2) is 81.6 Å². The van der Waals surface area contributed by atoms with Crippen LogP contribution in [0, 0.1) is 13.8 Å². The molecule has 0 saturated heterocycles. The van der Waals surface area contributed by atoms with Crippen LogP contribution in [0.25, 0.3) is 33.9 Å². The third-order valence-electron chi connectivity index (χ3n) is 5.23. The van der Waals surface area contributed by atoms with Crippen molar-refractivity contribution in [3.8, 4) is 22.8 Å². The Labute approximate surface area is 189 Å². The van der Waals surface area contributed by atoms with E-state index in [1.807, 2.05) is 62.4 Å². The fourth-order valence-electron chi connectivity index (χ4n) is 3.46. The van der Waals surface area contributed by atoms with Crippen LogP contribution in [0.2, 0.25) is 5.02 Å². The van der Waals surface area contributed by atoms with Gasteiger partial charge in [0.25, 0.3) is 5.91 Å². The minimum atomic E-state index is -0.335. The lowest BCUT2D eigenvalue weighted by Gasteiger charge is -2.08. The third-order valence-corrected chi connectivity index (χ3v) is 5.49. The molecule has 0 fully saturated rings. The predicted octanol–water partition coefficient (Wildman–Crippen LogP) is 7.28. The van der Waals surface area contributed by atoms with E-state index in [0.29, 0.717) is 22.4 Å². The maximum atomic E-state index is 12.8. The van der Waals surface area contributed by atoms with E-state index in [0.717, 1.165) is 33.4 Å². The zero-order chi connectivity index (χ0) is 22.2. The first kappa shape index (κ1) is 20.1. The van der Waals surface area contributed by atoms with Crippen LogP contribution in [0.3, 0.4) is 0 Å². The number of aryl methyl sites for hydroxylation is 2. The Hall–Kier alpha value is -3.83. The van der Waals surface area contributed by atoms with E-state index in [2.05, 4.69) is 10.3 Å². The maximum Gasteiger partial charge on any atom is 0.291 e. The van der Waals surface area contributed by atoms with Gasteiger partial charge in [-0.25, -0.2) is 4.98 Å². The largest absolute Gasteiger partial charge is 0.451 e. The number of oxazole rings is 1. The van der Waals surface area contributed by atoms with Gasteiger partial charge in [0.05, 0.1) is 0 Å². The van der Waals surface area contributed by atoms with Crippen LogP contribution in [0.4, 0.5) is 5.69 Å². The zero-order valence-corrected chi connectivity index (χ0v) is 18.2. The number of carbonyl (C=O) groups is 1. The summed E-state index contributed by atoms with van der Waals surface area (Å²) in [6, 6.07) is 22.2. The number of rotatable bonds is 4. The number of aromatic nitrogens is 1. The summed E-state index contributed by atoms with van der Waals surface area (Å²) in [5, 5.41) is 3.57. The number of hydrogen-bond donors (Lipinski definition) is 1. The highest BCUT2D eigenvalue weighted by atomic mass is 35.5. The van der Waals surface area contributed by atoms with Crippen molar-refractivity contribution in [1.82, 2.24) is 4.98 Å². The highest BCUT2D eigenvalue weighted by Gasteiger charge is 2.15. The summed E-state index contributed by atoms with van der Waals surface area (Å²) < 4.78 is 11.7. The highest BCUT2D eigenvalue weighted by Crippen LogP contribution is 2.29. The molecule has 3 aromatic carbocycles. The monoisotopic (exact) mass is 442 g/mol. The van der Waals surface area contributed by atoms with Crippen molar-refractivity contribution in [3.63, 3.8) is 0 Å². The van der Waals surface area contributed by atoms with Gasteiger partial charge in [0, 0.05) is 21.8 Å². The second-order valence-electron chi connectivity index (χ2n) is 7.64. The van der Waals surface area contributed by atoms with E-state index in [1.54, 1.807) is 24.3 Å². The van der Waals surface area contributed by atoms with Crippen LogP contribution in [-0.2, 0) is 0 Å². The lowest BCUT2D eigenvalue weighted by Crippen LogP contribution is -2.11. The topological polar surface area (TPSA) is 68.3 Å². The van der Waals surface area contributed by atoms with Crippen LogP contribution >= 0.6 is 11.6 Å².